The second-order valence-electron chi connectivity index (χ2n) is 5.36. The molecule has 0 aliphatic carbocycles. The van der Waals surface area contributed by atoms with Gasteiger partial charge in [0, 0.05) is 19.0 Å². The maximum atomic E-state index is 12.1. The highest BCUT2D eigenvalue weighted by Gasteiger charge is 2.29. The first-order valence-electron chi connectivity index (χ1n) is 7.27. The fourth-order valence-electron chi connectivity index (χ4n) is 2.59. The molecular weight excluding hydrogens is 337 g/mol. The summed E-state index contributed by atoms with van der Waals surface area (Å²) in [5.41, 5.74) is 1.72. The van der Waals surface area contributed by atoms with Gasteiger partial charge in [0.2, 0.25) is 5.28 Å². The van der Waals surface area contributed by atoms with Crippen molar-refractivity contribution in [1.82, 2.24) is 14.9 Å². The zero-order valence-corrected chi connectivity index (χ0v) is 13.8. The first-order chi connectivity index (χ1) is 11.1. The second-order valence-corrected chi connectivity index (χ2v) is 6.08. The van der Waals surface area contributed by atoms with Crippen molar-refractivity contribution >= 4 is 29.3 Å². The third-order valence-corrected chi connectivity index (χ3v) is 4.12. The molecule has 7 heteroatoms. The van der Waals surface area contributed by atoms with E-state index in [1.54, 1.807) is 11.0 Å². The number of hydrogen-bond donors (Lipinski definition) is 0. The third-order valence-electron chi connectivity index (χ3n) is 3.76. The molecule has 0 saturated carbocycles. The van der Waals surface area contributed by atoms with Crippen LogP contribution in [0.5, 0.6) is 0 Å². The number of nitrogens with zero attached hydrogens (tertiary/aromatic N) is 3. The van der Waals surface area contributed by atoms with Crippen molar-refractivity contribution in [3.63, 3.8) is 0 Å². The van der Waals surface area contributed by atoms with Gasteiger partial charge in [-0.3, -0.25) is 0 Å². The molecule has 1 saturated heterocycles. The maximum Gasteiger partial charge on any atom is 0.410 e. The van der Waals surface area contributed by atoms with Crippen LogP contribution in [-0.4, -0.2) is 34.1 Å². The van der Waals surface area contributed by atoms with Gasteiger partial charge in [0.15, 0.2) is 0 Å². The number of hydrogen-bond acceptors (Lipinski definition) is 4. The first-order valence-corrected chi connectivity index (χ1v) is 8.03. The molecule has 5 nitrogen and oxygen atoms in total. The maximum absolute atomic E-state index is 12.1. The molecule has 3 rings (SSSR count). The van der Waals surface area contributed by atoms with Crippen LogP contribution in [0.4, 0.5) is 4.79 Å². The number of carbonyl (C=O) groups is 1. The van der Waals surface area contributed by atoms with Crippen LogP contribution in [0.1, 0.15) is 23.6 Å². The Morgan fingerprint density at radius 2 is 2.04 bits per heavy atom. The molecule has 1 aromatic heterocycles. The molecule has 1 aliphatic rings. The summed E-state index contributed by atoms with van der Waals surface area (Å²) in [7, 11) is 0. The van der Waals surface area contributed by atoms with Crippen LogP contribution < -0.4 is 0 Å². The Morgan fingerprint density at radius 1 is 1.26 bits per heavy atom. The average molecular weight is 352 g/mol. The van der Waals surface area contributed by atoms with Crippen LogP contribution in [-0.2, 0) is 11.3 Å². The van der Waals surface area contributed by atoms with E-state index in [-0.39, 0.29) is 23.9 Å². The standard InChI is InChI=1S/C16H15Cl2N3O2/c17-14-8-13(19-15(18)20-14)12-6-7-21(9-12)16(22)23-10-11-4-2-1-3-5-11/h1-5,8,12H,6-7,9-10H2/t12-/m1/s1. The quantitative estimate of drug-likeness (QED) is 0.621. The number of aromatic nitrogens is 2. The molecule has 1 amide bonds. The van der Waals surface area contributed by atoms with Crippen molar-refractivity contribution in [3.8, 4) is 0 Å². The van der Waals surface area contributed by atoms with Gasteiger partial charge in [0.05, 0.1) is 5.69 Å². The van der Waals surface area contributed by atoms with Gasteiger partial charge in [0.1, 0.15) is 11.8 Å². The third kappa shape index (κ3) is 4.12. The van der Waals surface area contributed by atoms with E-state index >= 15 is 0 Å². The molecule has 1 fully saturated rings. The van der Waals surface area contributed by atoms with Crippen LogP contribution in [0.3, 0.4) is 0 Å². The van der Waals surface area contributed by atoms with Crippen molar-refractivity contribution in [2.24, 2.45) is 0 Å². The SMILES string of the molecule is O=C(OCc1ccccc1)N1CC[C@@H](c2cc(Cl)nc(Cl)n2)C1. The van der Waals surface area contributed by atoms with E-state index in [0.29, 0.717) is 18.2 Å². The molecule has 0 bridgehead atoms. The topological polar surface area (TPSA) is 55.3 Å². The Morgan fingerprint density at radius 3 is 2.78 bits per heavy atom. The summed E-state index contributed by atoms with van der Waals surface area (Å²) in [6.45, 7) is 1.43. The molecule has 2 heterocycles. The lowest BCUT2D eigenvalue weighted by atomic mass is 10.1. The van der Waals surface area contributed by atoms with E-state index in [0.717, 1.165) is 17.7 Å². The van der Waals surface area contributed by atoms with E-state index in [1.165, 1.54) is 0 Å². The van der Waals surface area contributed by atoms with Gasteiger partial charge >= 0.3 is 6.09 Å². The number of carbonyl (C=O) groups excluding carboxylic acids is 1. The number of halogens is 2. The normalized spacial score (nSPS) is 17.3. The number of amides is 1. The van der Waals surface area contributed by atoms with Crippen LogP contribution in [0.25, 0.3) is 0 Å². The lowest BCUT2D eigenvalue weighted by Gasteiger charge is -2.16. The highest BCUT2D eigenvalue weighted by Crippen LogP contribution is 2.28. The van der Waals surface area contributed by atoms with E-state index in [2.05, 4.69) is 9.97 Å². The van der Waals surface area contributed by atoms with Crippen molar-refractivity contribution in [1.29, 1.82) is 0 Å². The van der Waals surface area contributed by atoms with E-state index in [4.69, 9.17) is 27.9 Å². The highest BCUT2D eigenvalue weighted by atomic mass is 35.5. The lowest BCUT2D eigenvalue weighted by molar-refractivity contribution is 0.104. The fourth-order valence-corrected chi connectivity index (χ4v) is 3.02. The molecule has 2 aromatic rings. The van der Waals surface area contributed by atoms with Crippen molar-refractivity contribution < 1.29 is 9.53 Å². The van der Waals surface area contributed by atoms with Gasteiger partial charge in [-0.05, 0) is 29.7 Å². The van der Waals surface area contributed by atoms with Crippen molar-refractivity contribution in [2.45, 2.75) is 18.9 Å². The summed E-state index contributed by atoms with van der Waals surface area (Å²) in [6, 6.07) is 11.3. The summed E-state index contributed by atoms with van der Waals surface area (Å²) >= 11 is 11.7. The van der Waals surface area contributed by atoms with Crippen LogP contribution in [0.2, 0.25) is 10.4 Å². The largest absolute Gasteiger partial charge is 0.445 e. The van der Waals surface area contributed by atoms with Crippen molar-refractivity contribution in [3.05, 3.63) is 58.1 Å². The zero-order chi connectivity index (χ0) is 16.2. The predicted octanol–water partition coefficient (Wildman–Crippen LogP) is 3.91. The van der Waals surface area contributed by atoms with Crippen LogP contribution in [0, 0.1) is 0 Å². The lowest BCUT2D eigenvalue weighted by Crippen LogP contribution is -2.29. The van der Waals surface area contributed by atoms with Gasteiger partial charge < -0.3 is 9.64 Å². The summed E-state index contributed by atoms with van der Waals surface area (Å²) in [5.74, 6) is 0.0947. The summed E-state index contributed by atoms with van der Waals surface area (Å²) in [5, 5.41) is 0.433. The van der Waals surface area contributed by atoms with E-state index in [1.807, 2.05) is 30.3 Å². The minimum absolute atomic E-state index is 0.0947. The Labute approximate surface area is 144 Å². The van der Waals surface area contributed by atoms with Gasteiger partial charge in [-0.1, -0.05) is 41.9 Å². The van der Waals surface area contributed by atoms with Gasteiger partial charge in [-0.15, -0.1) is 0 Å². The monoisotopic (exact) mass is 351 g/mol. The summed E-state index contributed by atoms with van der Waals surface area (Å²) < 4.78 is 5.35. The first kappa shape index (κ1) is 16.0. The van der Waals surface area contributed by atoms with Crippen molar-refractivity contribution in [2.75, 3.05) is 13.1 Å². The smallest absolute Gasteiger partial charge is 0.410 e. The molecule has 120 valence electrons. The average Bonchev–Trinajstić information content (AvgIpc) is 3.03. The Hall–Kier alpha value is -1.85. The minimum atomic E-state index is -0.317. The molecular formula is C16H15Cl2N3O2. The molecule has 0 N–H and O–H groups in total. The Balaban J connectivity index is 1.57. The minimum Gasteiger partial charge on any atom is -0.445 e. The van der Waals surface area contributed by atoms with Gasteiger partial charge in [0.25, 0.3) is 0 Å². The fraction of sp³-hybridized carbons (Fsp3) is 0.312. The predicted molar refractivity (Wildman–Crippen MR) is 87.6 cm³/mol. The molecule has 0 radical (unpaired) electrons. The summed E-state index contributed by atoms with van der Waals surface area (Å²) in [4.78, 5) is 21.9. The van der Waals surface area contributed by atoms with Gasteiger partial charge in [-0.25, -0.2) is 14.8 Å². The van der Waals surface area contributed by atoms with Crippen LogP contribution >= 0.6 is 23.2 Å². The number of ether oxygens (including phenoxy) is 1. The van der Waals surface area contributed by atoms with Gasteiger partial charge in [-0.2, -0.15) is 0 Å². The van der Waals surface area contributed by atoms with Crippen LogP contribution in [0.15, 0.2) is 36.4 Å². The number of benzene rings is 1. The second kappa shape index (κ2) is 7.15. The summed E-state index contributed by atoms with van der Waals surface area (Å²) in [6.07, 6.45) is 0.479. The molecule has 0 unspecified atom stereocenters. The molecule has 23 heavy (non-hydrogen) atoms. The molecule has 1 aromatic carbocycles. The number of rotatable bonds is 3. The highest BCUT2D eigenvalue weighted by molar-refractivity contribution is 6.31. The zero-order valence-electron chi connectivity index (χ0n) is 12.3. The molecule has 1 aliphatic heterocycles. The Kier molecular flexibility index (Phi) is 4.98. The number of likely N-dealkylation sites (tertiary alicyclic amines) is 1. The van der Waals surface area contributed by atoms with E-state index in [9.17, 15) is 4.79 Å². The molecule has 0 spiro atoms. The Bertz CT molecular complexity index is 677. The molecule has 1 atom stereocenters. The van der Waals surface area contributed by atoms with E-state index < -0.39 is 0 Å².